The third kappa shape index (κ3) is 41.0. The van der Waals surface area contributed by atoms with E-state index in [4.69, 9.17) is 0 Å². The van der Waals surface area contributed by atoms with Gasteiger partial charge in [-0.25, -0.2) is 0 Å². The molecule has 0 aliphatic heterocycles. The number of thioether (sulfide) groups is 2. The van der Waals surface area contributed by atoms with Gasteiger partial charge in [0.1, 0.15) is 0 Å². The van der Waals surface area contributed by atoms with Crippen molar-refractivity contribution in [1.82, 2.24) is 0 Å². The molecule has 0 N–H and O–H groups in total. The van der Waals surface area contributed by atoms with E-state index in [-0.39, 0.29) is 28.6 Å². The second-order valence-corrected chi connectivity index (χ2v) is 10.0. The van der Waals surface area contributed by atoms with Crippen LogP contribution >= 0.6 is 23.5 Å². The van der Waals surface area contributed by atoms with Gasteiger partial charge < -0.3 is 19.8 Å². The van der Waals surface area contributed by atoms with Gasteiger partial charge in [0.15, 0.2) is 0 Å². The molecule has 0 rings (SSSR count). The van der Waals surface area contributed by atoms with Gasteiger partial charge in [0, 0.05) is 11.5 Å². The molecular formula is C24H46CuO4S2. The van der Waals surface area contributed by atoms with Crippen molar-refractivity contribution in [2.45, 2.75) is 117 Å². The first-order chi connectivity index (χ1) is 14.5. The summed E-state index contributed by atoms with van der Waals surface area (Å²) in [5.41, 5.74) is 0. The average molecular weight is 526 g/mol. The quantitative estimate of drug-likeness (QED) is 0.142. The van der Waals surface area contributed by atoms with E-state index in [1.54, 1.807) is 0 Å². The normalized spacial score (nSPS) is 10.1. The van der Waals surface area contributed by atoms with E-state index in [1.807, 2.05) is 0 Å². The van der Waals surface area contributed by atoms with Gasteiger partial charge in [-0.3, -0.25) is 0 Å². The molecule has 0 fully saturated rings. The molecule has 0 aromatic rings. The molecule has 0 spiro atoms. The van der Waals surface area contributed by atoms with Crippen molar-refractivity contribution in [1.29, 1.82) is 0 Å². The minimum absolute atomic E-state index is 0. The molecule has 0 saturated carbocycles. The van der Waals surface area contributed by atoms with Crippen LogP contribution in [0.3, 0.4) is 0 Å². The third-order valence-corrected chi connectivity index (χ3v) is 6.76. The van der Waals surface area contributed by atoms with Gasteiger partial charge in [-0.05, 0) is 24.3 Å². The number of aliphatic carboxylic acids is 2. The topological polar surface area (TPSA) is 80.3 Å². The van der Waals surface area contributed by atoms with E-state index in [0.717, 1.165) is 24.3 Å². The van der Waals surface area contributed by atoms with Gasteiger partial charge in [0.25, 0.3) is 0 Å². The molecule has 0 saturated heterocycles. The van der Waals surface area contributed by atoms with Gasteiger partial charge >= 0.3 is 17.1 Å². The van der Waals surface area contributed by atoms with Crippen molar-refractivity contribution in [3.05, 3.63) is 0 Å². The standard InChI is InChI=1S/2C12H24O2S.Cu/c2*1-2-3-4-5-6-7-8-9-10-15-11-12(13)14;/h2*2-11H2,1H3,(H,13,14);/q;;+2/p-2. The Morgan fingerprint density at radius 2 is 0.774 bits per heavy atom. The Balaban J connectivity index is -0.000000490. The van der Waals surface area contributed by atoms with Gasteiger partial charge in [-0.15, -0.1) is 0 Å². The fraction of sp³-hybridized carbons (Fsp3) is 0.917. The van der Waals surface area contributed by atoms with Crippen LogP contribution in [0.25, 0.3) is 0 Å². The molecule has 0 aromatic carbocycles. The van der Waals surface area contributed by atoms with Crippen molar-refractivity contribution in [2.75, 3.05) is 23.0 Å². The van der Waals surface area contributed by atoms with E-state index in [9.17, 15) is 19.8 Å². The summed E-state index contributed by atoms with van der Waals surface area (Å²) in [4.78, 5) is 20.2. The van der Waals surface area contributed by atoms with E-state index in [2.05, 4.69) is 13.8 Å². The molecule has 7 heteroatoms. The average Bonchev–Trinajstić information content (AvgIpc) is 2.71. The summed E-state index contributed by atoms with van der Waals surface area (Å²) in [7, 11) is 0. The number of carboxylic acids is 2. The summed E-state index contributed by atoms with van der Waals surface area (Å²) in [6, 6.07) is 0. The maximum Gasteiger partial charge on any atom is 2.00 e. The van der Waals surface area contributed by atoms with Gasteiger partial charge in [0.2, 0.25) is 0 Å². The molecule has 0 aliphatic rings. The summed E-state index contributed by atoms with van der Waals surface area (Å²) >= 11 is 2.94. The molecule has 0 bridgehead atoms. The van der Waals surface area contributed by atoms with Crippen molar-refractivity contribution in [3.63, 3.8) is 0 Å². The maximum absolute atomic E-state index is 10.1. The molecule has 0 heterocycles. The van der Waals surface area contributed by atoms with Crippen LogP contribution < -0.4 is 10.2 Å². The number of hydrogen-bond donors (Lipinski definition) is 0. The Labute approximate surface area is 211 Å². The van der Waals surface area contributed by atoms with Crippen LogP contribution in [0.5, 0.6) is 0 Å². The monoisotopic (exact) mass is 525 g/mol. The molecule has 0 aliphatic carbocycles. The second-order valence-electron chi connectivity index (χ2n) is 7.80. The number of hydrogen-bond acceptors (Lipinski definition) is 6. The smallest absolute Gasteiger partial charge is 0.549 e. The third-order valence-electron chi connectivity index (χ3n) is 4.72. The summed E-state index contributed by atoms with van der Waals surface area (Å²) in [5.74, 6) is 0.331. The molecule has 31 heavy (non-hydrogen) atoms. The first-order valence-electron chi connectivity index (χ1n) is 12.1. The first-order valence-corrected chi connectivity index (χ1v) is 14.4. The Morgan fingerprint density at radius 1 is 0.516 bits per heavy atom. The van der Waals surface area contributed by atoms with E-state index < -0.39 is 11.9 Å². The molecule has 0 amide bonds. The minimum Gasteiger partial charge on any atom is -0.549 e. The Morgan fingerprint density at radius 3 is 1.03 bits per heavy atom. The molecular weight excluding hydrogens is 480 g/mol. The Hall–Kier alpha value is 0.159. The van der Waals surface area contributed by atoms with Crippen LogP contribution in [0.1, 0.15) is 117 Å². The minimum atomic E-state index is -0.945. The van der Waals surface area contributed by atoms with Crippen LogP contribution in [-0.2, 0) is 26.7 Å². The van der Waals surface area contributed by atoms with Crippen LogP contribution in [-0.4, -0.2) is 35.0 Å². The van der Waals surface area contributed by atoms with Crippen molar-refractivity contribution >= 4 is 35.5 Å². The van der Waals surface area contributed by atoms with Gasteiger partial charge in [-0.2, -0.15) is 23.5 Å². The molecule has 1 radical (unpaired) electrons. The van der Waals surface area contributed by atoms with E-state index in [0.29, 0.717) is 0 Å². The van der Waals surface area contributed by atoms with Crippen molar-refractivity contribution in [2.24, 2.45) is 0 Å². The molecule has 189 valence electrons. The number of carboxylic acid groups (broad SMARTS) is 2. The SMILES string of the molecule is CCCCCCCCCCSCC(=O)[O-].CCCCCCCCCCSCC(=O)[O-].[Cu+2]. The Kier molecular flexibility index (Phi) is 37.3. The largest absolute Gasteiger partial charge is 2.00 e. The zero-order valence-electron chi connectivity index (χ0n) is 19.9. The summed E-state index contributed by atoms with van der Waals surface area (Å²) in [5, 5.41) is 20.2. The molecule has 0 aromatic heterocycles. The van der Waals surface area contributed by atoms with Gasteiger partial charge in [0.05, 0.1) is 11.9 Å². The number of carbonyl (C=O) groups excluding carboxylic acids is 2. The fourth-order valence-corrected chi connectivity index (χ4v) is 4.43. The Bertz CT molecular complexity index is 337. The van der Waals surface area contributed by atoms with Crippen LogP contribution in [0.2, 0.25) is 0 Å². The molecule has 0 atom stereocenters. The van der Waals surface area contributed by atoms with Crippen LogP contribution in [0, 0.1) is 0 Å². The molecule has 0 unspecified atom stereocenters. The van der Waals surface area contributed by atoms with E-state index in [1.165, 1.54) is 113 Å². The van der Waals surface area contributed by atoms with Crippen LogP contribution in [0.4, 0.5) is 0 Å². The number of carbonyl (C=O) groups is 2. The summed E-state index contributed by atoms with van der Waals surface area (Å²) in [6.07, 6.45) is 20.9. The van der Waals surface area contributed by atoms with E-state index >= 15 is 0 Å². The number of rotatable bonds is 22. The fourth-order valence-electron chi connectivity index (χ4n) is 2.99. The van der Waals surface area contributed by atoms with Crippen molar-refractivity contribution in [3.8, 4) is 0 Å². The first kappa shape index (κ1) is 35.7. The maximum atomic E-state index is 10.1. The predicted octanol–water partition coefficient (Wildman–Crippen LogP) is 5.22. The molecule has 4 nitrogen and oxygen atoms in total. The number of unbranched alkanes of at least 4 members (excludes halogenated alkanes) is 14. The van der Waals surface area contributed by atoms with Crippen LogP contribution in [0.15, 0.2) is 0 Å². The predicted molar refractivity (Wildman–Crippen MR) is 130 cm³/mol. The second kappa shape index (κ2) is 32.3. The van der Waals surface area contributed by atoms with Gasteiger partial charge in [-0.1, -0.05) is 104 Å². The zero-order valence-corrected chi connectivity index (χ0v) is 22.5. The summed E-state index contributed by atoms with van der Waals surface area (Å²) < 4.78 is 0. The zero-order chi connectivity index (χ0) is 22.7. The summed E-state index contributed by atoms with van der Waals surface area (Å²) in [6.45, 7) is 4.46. The van der Waals surface area contributed by atoms with Crippen molar-refractivity contribution < 1.29 is 36.9 Å².